The molecule has 0 saturated heterocycles. The molecule has 0 aromatic heterocycles. The van der Waals surface area contributed by atoms with Crippen molar-refractivity contribution in [3.05, 3.63) is 0 Å². The summed E-state index contributed by atoms with van der Waals surface area (Å²) in [7, 11) is 1.77. The van der Waals surface area contributed by atoms with Gasteiger partial charge in [-0.05, 0) is 24.2 Å². The highest BCUT2D eigenvalue weighted by Gasteiger charge is 2.35. The minimum atomic E-state index is 0.372. The smallest absolute Gasteiger partial charge is 0.156 e. The molecule has 19 heavy (non-hydrogen) atoms. The van der Waals surface area contributed by atoms with Crippen LogP contribution < -0.4 is 5.32 Å². The molecule has 110 valence electrons. The highest BCUT2D eigenvalue weighted by Crippen LogP contribution is 2.41. The van der Waals surface area contributed by atoms with Gasteiger partial charge < -0.3 is 10.1 Å². The van der Waals surface area contributed by atoms with E-state index in [2.05, 4.69) is 19.2 Å². The molecule has 2 aliphatic rings. The average Bonchev–Trinajstić information content (AvgIpc) is 2.42. The van der Waals surface area contributed by atoms with Crippen molar-refractivity contribution in [1.82, 2.24) is 5.32 Å². The molecule has 1 N–H and O–H groups in total. The van der Waals surface area contributed by atoms with Crippen LogP contribution in [0.25, 0.3) is 0 Å². The first-order chi connectivity index (χ1) is 9.15. The van der Waals surface area contributed by atoms with Crippen molar-refractivity contribution in [3.63, 3.8) is 0 Å². The minimum absolute atomic E-state index is 0.372. The van der Waals surface area contributed by atoms with Gasteiger partial charge in [0.05, 0.1) is 12.6 Å². The second-order valence-corrected chi connectivity index (χ2v) is 7.38. The number of thioether (sulfide) groups is 1. The molecule has 1 saturated carbocycles. The van der Waals surface area contributed by atoms with Crippen molar-refractivity contribution in [3.8, 4) is 0 Å². The zero-order valence-corrected chi connectivity index (χ0v) is 13.4. The van der Waals surface area contributed by atoms with E-state index in [1.54, 1.807) is 7.11 Å². The Bertz CT molecular complexity index is 311. The molecule has 0 aromatic rings. The van der Waals surface area contributed by atoms with E-state index in [-0.39, 0.29) is 0 Å². The Kier molecular flexibility index (Phi) is 5.58. The molecule has 1 atom stereocenters. The van der Waals surface area contributed by atoms with Gasteiger partial charge >= 0.3 is 0 Å². The Labute approximate surface area is 122 Å². The monoisotopic (exact) mass is 284 g/mol. The lowest BCUT2D eigenvalue weighted by atomic mass is 9.75. The molecular weight excluding hydrogens is 256 g/mol. The van der Waals surface area contributed by atoms with Gasteiger partial charge in [-0.3, -0.25) is 4.99 Å². The van der Waals surface area contributed by atoms with E-state index < -0.39 is 0 Å². The standard InChI is InChI=1S/C15H28N2OS/c1-12(2)13(9-18-3)17-14-16-10-15(11-19-14)7-5-4-6-8-15/h12-13H,4-11H2,1-3H3,(H,16,17). The number of methoxy groups -OCH3 is 1. The number of nitrogens with zero attached hydrogens (tertiary/aromatic N) is 1. The first-order valence-electron chi connectivity index (χ1n) is 7.58. The van der Waals surface area contributed by atoms with Crippen molar-refractivity contribution in [2.75, 3.05) is 26.0 Å². The number of ether oxygens (including phenoxy) is 1. The van der Waals surface area contributed by atoms with Gasteiger partial charge in [0.25, 0.3) is 0 Å². The van der Waals surface area contributed by atoms with Crippen molar-refractivity contribution in [2.45, 2.75) is 52.0 Å². The number of nitrogens with one attached hydrogen (secondary N) is 1. The molecule has 1 heterocycles. The van der Waals surface area contributed by atoms with Crippen molar-refractivity contribution in [2.24, 2.45) is 16.3 Å². The highest BCUT2D eigenvalue weighted by molar-refractivity contribution is 8.13. The van der Waals surface area contributed by atoms with Crippen LogP contribution in [0.5, 0.6) is 0 Å². The first kappa shape index (κ1) is 15.2. The van der Waals surface area contributed by atoms with Crippen LogP contribution in [0.15, 0.2) is 4.99 Å². The van der Waals surface area contributed by atoms with Crippen LogP contribution in [0.4, 0.5) is 0 Å². The zero-order chi connectivity index (χ0) is 13.7. The van der Waals surface area contributed by atoms with Crippen LogP contribution in [0.3, 0.4) is 0 Å². The first-order valence-corrected chi connectivity index (χ1v) is 8.56. The summed E-state index contributed by atoms with van der Waals surface area (Å²) in [6, 6.07) is 0.372. The molecule has 1 fully saturated rings. The van der Waals surface area contributed by atoms with Crippen LogP contribution in [0.1, 0.15) is 46.0 Å². The van der Waals surface area contributed by atoms with Crippen molar-refractivity contribution >= 4 is 16.9 Å². The van der Waals surface area contributed by atoms with Crippen molar-refractivity contribution in [1.29, 1.82) is 0 Å². The molecule has 1 unspecified atom stereocenters. The molecule has 0 bridgehead atoms. The number of amidine groups is 1. The molecule has 4 heteroatoms. The van der Waals surface area contributed by atoms with Gasteiger partial charge in [-0.15, -0.1) is 0 Å². The molecule has 0 amide bonds. The fraction of sp³-hybridized carbons (Fsp3) is 0.933. The van der Waals surface area contributed by atoms with Gasteiger partial charge in [0, 0.05) is 19.4 Å². The zero-order valence-electron chi connectivity index (χ0n) is 12.6. The van der Waals surface area contributed by atoms with Gasteiger partial charge in [0.15, 0.2) is 5.17 Å². The van der Waals surface area contributed by atoms with Crippen LogP contribution >= 0.6 is 11.8 Å². The highest BCUT2D eigenvalue weighted by atomic mass is 32.2. The molecule has 0 aromatic carbocycles. The second-order valence-electron chi connectivity index (χ2n) is 6.42. The Morgan fingerprint density at radius 1 is 1.32 bits per heavy atom. The van der Waals surface area contributed by atoms with Gasteiger partial charge in [0.1, 0.15) is 0 Å². The lowest BCUT2D eigenvalue weighted by molar-refractivity contribution is 0.156. The van der Waals surface area contributed by atoms with Gasteiger partial charge in [0.2, 0.25) is 0 Å². The third-order valence-electron chi connectivity index (χ3n) is 4.45. The lowest BCUT2D eigenvalue weighted by Gasteiger charge is -2.39. The molecule has 2 rings (SSSR count). The summed E-state index contributed by atoms with van der Waals surface area (Å²) in [4.78, 5) is 4.82. The molecule has 1 aliphatic heterocycles. The van der Waals surface area contributed by atoms with Crippen LogP contribution in [-0.2, 0) is 4.74 Å². The second kappa shape index (κ2) is 6.98. The quantitative estimate of drug-likeness (QED) is 0.860. The van der Waals surface area contributed by atoms with Crippen LogP contribution in [0, 0.1) is 11.3 Å². The van der Waals surface area contributed by atoms with E-state index in [4.69, 9.17) is 9.73 Å². The van der Waals surface area contributed by atoms with E-state index in [0.29, 0.717) is 17.4 Å². The van der Waals surface area contributed by atoms with Crippen LogP contribution in [0.2, 0.25) is 0 Å². The number of rotatable bonds is 4. The summed E-state index contributed by atoms with van der Waals surface area (Å²) in [5.41, 5.74) is 0.517. The molecule has 1 spiro atoms. The summed E-state index contributed by atoms with van der Waals surface area (Å²) >= 11 is 1.92. The van der Waals surface area contributed by atoms with E-state index in [1.807, 2.05) is 11.8 Å². The summed E-state index contributed by atoms with van der Waals surface area (Å²) in [6.45, 7) is 6.24. The largest absolute Gasteiger partial charge is 0.383 e. The van der Waals surface area contributed by atoms with Gasteiger partial charge in [-0.25, -0.2) is 0 Å². The third kappa shape index (κ3) is 4.12. The fourth-order valence-corrected chi connectivity index (χ4v) is 4.20. The predicted molar refractivity (Wildman–Crippen MR) is 83.9 cm³/mol. The van der Waals surface area contributed by atoms with E-state index in [1.165, 1.54) is 37.9 Å². The van der Waals surface area contributed by atoms with Crippen molar-refractivity contribution < 1.29 is 4.74 Å². The molecular formula is C15H28N2OS. The van der Waals surface area contributed by atoms with E-state index in [0.717, 1.165) is 18.3 Å². The molecule has 3 nitrogen and oxygen atoms in total. The fourth-order valence-electron chi connectivity index (χ4n) is 2.98. The summed E-state index contributed by atoms with van der Waals surface area (Å²) < 4.78 is 5.29. The molecule has 0 radical (unpaired) electrons. The summed E-state index contributed by atoms with van der Waals surface area (Å²) in [6.07, 6.45) is 6.98. The maximum atomic E-state index is 5.29. The van der Waals surface area contributed by atoms with E-state index >= 15 is 0 Å². The Balaban J connectivity index is 1.89. The third-order valence-corrected chi connectivity index (χ3v) is 5.72. The Morgan fingerprint density at radius 3 is 2.58 bits per heavy atom. The normalized spacial score (nSPS) is 24.3. The molecule has 1 aliphatic carbocycles. The van der Waals surface area contributed by atoms with Gasteiger partial charge in [-0.2, -0.15) is 0 Å². The maximum Gasteiger partial charge on any atom is 0.156 e. The number of hydrogen-bond acceptors (Lipinski definition) is 4. The summed E-state index contributed by atoms with van der Waals surface area (Å²) in [5.74, 6) is 1.81. The minimum Gasteiger partial charge on any atom is -0.383 e. The lowest BCUT2D eigenvalue weighted by Crippen LogP contribution is -2.44. The Hall–Kier alpha value is -0.220. The SMILES string of the molecule is COCC(NC1=NCC2(CCCCC2)CS1)C(C)C. The van der Waals surface area contributed by atoms with Crippen LogP contribution in [-0.4, -0.2) is 37.2 Å². The predicted octanol–water partition coefficient (Wildman–Crippen LogP) is 3.30. The van der Waals surface area contributed by atoms with E-state index in [9.17, 15) is 0 Å². The topological polar surface area (TPSA) is 33.6 Å². The average molecular weight is 284 g/mol. The maximum absolute atomic E-state index is 5.29. The number of aliphatic imine (C=N–C) groups is 1. The summed E-state index contributed by atoms with van der Waals surface area (Å²) in [5, 5.41) is 4.70. The van der Waals surface area contributed by atoms with Gasteiger partial charge in [-0.1, -0.05) is 44.9 Å². The number of hydrogen-bond donors (Lipinski definition) is 1. The Morgan fingerprint density at radius 2 is 2.05 bits per heavy atom.